The van der Waals surface area contributed by atoms with Crippen molar-refractivity contribution in [1.29, 1.82) is 0 Å². The van der Waals surface area contributed by atoms with Crippen molar-refractivity contribution in [1.82, 2.24) is 4.98 Å². The lowest BCUT2D eigenvalue weighted by Crippen LogP contribution is -1.98. The van der Waals surface area contributed by atoms with E-state index in [2.05, 4.69) is 4.98 Å². The average Bonchev–Trinajstić information content (AvgIpc) is 2.59. The fourth-order valence-corrected chi connectivity index (χ4v) is 2.59. The number of fused-ring (bicyclic) bond motifs is 1. The molecule has 0 aliphatic heterocycles. The molecule has 0 bridgehead atoms. The Kier molecular flexibility index (Phi) is 4.16. The summed E-state index contributed by atoms with van der Waals surface area (Å²) in [6.07, 6.45) is 3.33. The fraction of sp³-hybridized carbons (Fsp3) is 0.0526. The first kappa shape index (κ1) is 15.6. The third-order valence-corrected chi connectivity index (χ3v) is 3.71. The van der Waals surface area contributed by atoms with Crippen LogP contribution < -0.4 is 0 Å². The normalized spacial score (nSPS) is 11.5. The van der Waals surface area contributed by atoms with Crippen LogP contribution in [0, 0.1) is 10.1 Å². The van der Waals surface area contributed by atoms with Gasteiger partial charge in [0.15, 0.2) is 5.78 Å². The molecule has 0 unspecified atom stereocenters. The Morgan fingerprint density at radius 2 is 1.92 bits per heavy atom. The predicted molar refractivity (Wildman–Crippen MR) is 93.4 cm³/mol. The van der Waals surface area contributed by atoms with E-state index in [-0.39, 0.29) is 11.5 Å². The molecule has 0 atom stereocenters. The van der Waals surface area contributed by atoms with Crippen LogP contribution in [0.3, 0.4) is 0 Å². The number of pyridine rings is 1. The molecule has 0 amide bonds. The van der Waals surface area contributed by atoms with Gasteiger partial charge in [0, 0.05) is 29.3 Å². The smallest absolute Gasteiger partial charge is 0.270 e. The van der Waals surface area contributed by atoms with Crippen molar-refractivity contribution < 1.29 is 9.72 Å². The summed E-state index contributed by atoms with van der Waals surface area (Å²) in [5.74, 6) is -0.113. The van der Waals surface area contributed by atoms with E-state index >= 15 is 0 Å². The van der Waals surface area contributed by atoms with E-state index < -0.39 is 4.92 Å². The van der Waals surface area contributed by atoms with E-state index in [1.165, 1.54) is 19.1 Å². The lowest BCUT2D eigenvalue weighted by Gasteiger charge is -2.08. The van der Waals surface area contributed by atoms with Gasteiger partial charge in [0.1, 0.15) is 0 Å². The third kappa shape index (κ3) is 3.05. The zero-order valence-electron chi connectivity index (χ0n) is 13.0. The zero-order valence-corrected chi connectivity index (χ0v) is 13.0. The summed E-state index contributed by atoms with van der Waals surface area (Å²) in [5, 5.41) is 11.8. The van der Waals surface area contributed by atoms with Crippen LogP contribution in [0.15, 0.2) is 60.8 Å². The summed E-state index contributed by atoms with van der Waals surface area (Å²) >= 11 is 0. The first-order valence-corrected chi connectivity index (χ1v) is 7.37. The molecule has 0 saturated carbocycles. The standard InChI is InChI=1S/C19H14N2O3/c1-13(22)18(12-14-5-4-6-15(11-14)21(23)24)16-9-10-20-19-8-3-2-7-17(16)19/h2-12H,1H3/b18-12-. The summed E-state index contributed by atoms with van der Waals surface area (Å²) in [4.78, 5) is 27.0. The maximum Gasteiger partial charge on any atom is 0.270 e. The number of nitrogens with zero attached hydrogens (tertiary/aromatic N) is 2. The van der Waals surface area contributed by atoms with Gasteiger partial charge in [0.2, 0.25) is 0 Å². The molecule has 0 spiro atoms. The quantitative estimate of drug-likeness (QED) is 0.409. The van der Waals surface area contributed by atoms with E-state index in [4.69, 9.17) is 0 Å². The number of allylic oxidation sites excluding steroid dienone is 1. The minimum absolute atomic E-state index is 0.00811. The molecule has 118 valence electrons. The van der Waals surface area contributed by atoms with Gasteiger partial charge in [-0.1, -0.05) is 30.3 Å². The average molecular weight is 318 g/mol. The van der Waals surface area contributed by atoms with Crippen molar-refractivity contribution in [3.05, 3.63) is 82.0 Å². The van der Waals surface area contributed by atoms with Crippen molar-refractivity contribution in [2.45, 2.75) is 6.92 Å². The molecule has 2 aromatic carbocycles. The number of rotatable bonds is 4. The monoisotopic (exact) mass is 318 g/mol. The van der Waals surface area contributed by atoms with E-state index in [0.29, 0.717) is 11.1 Å². The van der Waals surface area contributed by atoms with Gasteiger partial charge >= 0.3 is 0 Å². The molecule has 5 heteroatoms. The number of hydrogen-bond acceptors (Lipinski definition) is 4. The van der Waals surface area contributed by atoms with Crippen LogP contribution in [0.5, 0.6) is 0 Å². The first-order chi connectivity index (χ1) is 11.6. The second kappa shape index (κ2) is 6.42. The molecule has 3 aromatic rings. The fourth-order valence-electron chi connectivity index (χ4n) is 2.59. The summed E-state index contributed by atoms with van der Waals surface area (Å²) in [5.41, 5.74) is 2.65. The number of carbonyl (C=O) groups is 1. The lowest BCUT2D eigenvalue weighted by atomic mass is 9.96. The second-order valence-corrected chi connectivity index (χ2v) is 5.34. The molecule has 0 N–H and O–H groups in total. The van der Waals surface area contributed by atoms with Gasteiger partial charge in [-0.05, 0) is 36.3 Å². The molecule has 0 aliphatic carbocycles. The Hall–Kier alpha value is -3.34. The second-order valence-electron chi connectivity index (χ2n) is 5.34. The van der Waals surface area contributed by atoms with Gasteiger partial charge in [0.25, 0.3) is 5.69 Å². The Morgan fingerprint density at radius 3 is 2.67 bits per heavy atom. The van der Waals surface area contributed by atoms with Gasteiger partial charge in [-0.3, -0.25) is 19.9 Å². The maximum absolute atomic E-state index is 12.2. The van der Waals surface area contributed by atoms with Gasteiger partial charge in [0.05, 0.1) is 10.4 Å². The van der Waals surface area contributed by atoms with Crippen molar-refractivity contribution in [2.75, 3.05) is 0 Å². The van der Waals surface area contributed by atoms with Crippen molar-refractivity contribution >= 4 is 34.0 Å². The molecule has 5 nitrogen and oxygen atoms in total. The number of nitro benzene ring substituents is 1. The zero-order chi connectivity index (χ0) is 17.1. The van der Waals surface area contributed by atoms with E-state index in [9.17, 15) is 14.9 Å². The number of non-ortho nitro benzene ring substituents is 1. The van der Waals surface area contributed by atoms with Gasteiger partial charge in [-0.25, -0.2) is 0 Å². The number of carbonyl (C=O) groups excluding carboxylic acids is 1. The Morgan fingerprint density at radius 1 is 1.12 bits per heavy atom. The molecule has 3 rings (SSSR count). The van der Waals surface area contributed by atoms with E-state index in [1.807, 2.05) is 24.3 Å². The summed E-state index contributed by atoms with van der Waals surface area (Å²) in [6, 6.07) is 15.6. The largest absolute Gasteiger partial charge is 0.294 e. The lowest BCUT2D eigenvalue weighted by molar-refractivity contribution is -0.384. The highest BCUT2D eigenvalue weighted by Gasteiger charge is 2.12. The molecule has 0 saturated heterocycles. The number of Topliss-reactive ketones (excluding diaryl/α,β-unsaturated/α-hetero) is 1. The summed E-state index contributed by atoms with van der Waals surface area (Å²) in [6.45, 7) is 1.48. The van der Waals surface area contributed by atoms with Crippen LogP contribution in [0.1, 0.15) is 18.1 Å². The minimum Gasteiger partial charge on any atom is -0.294 e. The van der Waals surface area contributed by atoms with Gasteiger partial charge < -0.3 is 0 Å². The number of ketones is 1. The van der Waals surface area contributed by atoms with Crippen molar-refractivity contribution in [2.24, 2.45) is 0 Å². The van der Waals surface area contributed by atoms with Gasteiger partial charge in [-0.15, -0.1) is 0 Å². The molecule has 1 aromatic heterocycles. The topological polar surface area (TPSA) is 73.1 Å². The highest BCUT2D eigenvalue weighted by molar-refractivity contribution is 6.26. The Bertz CT molecular complexity index is 972. The van der Waals surface area contributed by atoms with Crippen LogP contribution >= 0.6 is 0 Å². The molecular formula is C19H14N2O3. The van der Waals surface area contributed by atoms with Crippen LogP contribution in [0.4, 0.5) is 5.69 Å². The van der Waals surface area contributed by atoms with Crippen LogP contribution in [-0.4, -0.2) is 15.7 Å². The summed E-state index contributed by atoms with van der Waals surface area (Å²) < 4.78 is 0. The predicted octanol–water partition coefficient (Wildman–Crippen LogP) is 4.27. The molecule has 0 aliphatic rings. The Labute approximate surface area is 138 Å². The van der Waals surface area contributed by atoms with Crippen LogP contribution in [-0.2, 0) is 4.79 Å². The minimum atomic E-state index is -0.452. The van der Waals surface area contributed by atoms with Crippen molar-refractivity contribution in [3.8, 4) is 0 Å². The molecule has 24 heavy (non-hydrogen) atoms. The van der Waals surface area contributed by atoms with Crippen LogP contribution in [0.25, 0.3) is 22.6 Å². The molecular weight excluding hydrogens is 304 g/mol. The molecule has 0 fully saturated rings. The number of hydrogen-bond donors (Lipinski definition) is 0. The Balaban J connectivity index is 2.18. The molecule has 1 heterocycles. The third-order valence-electron chi connectivity index (χ3n) is 3.71. The number of para-hydroxylation sites is 1. The van der Waals surface area contributed by atoms with Crippen molar-refractivity contribution in [3.63, 3.8) is 0 Å². The summed E-state index contributed by atoms with van der Waals surface area (Å²) in [7, 11) is 0. The number of nitro groups is 1. The van der Waals surface area contributed by atoms with E-state index in [1.54, 1.807) is 30.5 Å². The maximum atomic E-state index is 12.2. The highest BCUT2D eigenvalue weighted by Crippen LogP contribution is 2.27. The first-order valence-electron chi connectivity index (χ1n) is 7.37. The molecule has 0 radical (unpaired) electrons. The number of benzene rings is 2. The highest BCUT2D eigenvalue weighted by atomic mass is 16.6. The van der Waals surface area contributed by atoms with Crippen LogP contribution in [0.2, 0.25) is 0 Å². The van der Waals surface area contributed by atoms with E-state index in [0.717, 1.165) is 16.5 Å². The van der Waals surface area contributed by atoms with Gasteiger partial charge in [-0.2, -0.15) is 0 Å². The number of aromatic nitrogens is 1. The SMILES string of the molecule is CC(=O)/C(=C/c1cccc([N+](=O)[O-])c1)c1ccnc2ccccc12.